The quantitative estimate of drug-likeness (QED) is 0.910. The third-order valence-electron chi connectivity index (χ3n) is 4.46. The Bertz CT molecular complexity index is 616. The Morgan fingerprint density at radius 2 is 1.81 bits per heavy atom. The molecule has 0 saturated heterocycles. The molecule has 0 aromatic heterocycles. The molecule has 0 aliphatic heterocycles. The van der Waals surface area contributed by atoms with Crippen molar-refractivity contribution in [1.82, 2.24) is 5.32 Å². The van der Waals surface area contributed by atoms with Crippen LogP contribution in [0.25, 0.3) is 0 Å². The van der Waals surface area contributed by atoms with E-state index < -0.39 is 0 Å². The van der Waals surface area contributed by atoms with Crippen molar-refractivity contribution in [3.63, 3.8) is 0 Å². The van der Waals surface area contributed by atoms with Crippen molar-refractivity contribution in [3.8, 4) is 5.75 Å². The number of rotatable bonds is 4. The summed E-state index contributed by atoms with van der Waals surface area (Å²) in [6.45, 7) is 5.57. The van der Waals surface area contributed by atoms with Gasteiger partial charge >= 0.3 is 0 Å². The third-order valence-corrected chi connectivity index (χ3v) is 4.46. The summed E-state index contributed by atoms with van der Waals surface area (Å²) < 4.78 is 5.21. The third kappa shape index (κ3) is 2.81. The summed E-state index contributed by atoms with van der Waals surface area (Å²) >= 11 is 0. The van der Waals surface area contributed by atoms with Gasteiger partial charge < -0.3 is 10.1 Å². The fourth-order valence-corrected chi connectivity index (χ4v) is 3.34. The molecule has 1 N–H and O–H groups in total. The molecule has 110 valence electrons. The molecular weight excluding hydrogens is 258 g/mol. The van der Waals surface area contributed by atoms with Gasteiger partial charge in [0.1, 0.15) is 5.75 Å². The lowest BCUT2D eigenvalue weighted by Gasteiger charge is -2.28. The SMILES string of the molecule is COc1ccc(CNC2c3ccccc3CC2(C)C)cc1. The first-order chi connectivity index (χ1) is 10.1. The van der Waals surface area contributed by atoms with Gasteiger partial charge in [-0.2, -0.15) is 0 Å². The molecule has 1 aliphatic rings. The number of ether oxygens (including phenoxy) is 1. The first kappa shape index (κ1) is 14.2. The van der Waals surface area contributed by atoms with Gasteiger partial charge in [0.2, 0.25) is 0 Å². The van der Waals surface area contributed by atoms with Gasteiger partial charge in [-0.1, -0.05) is 50.2 Å². The van der Waals surface area contributed by atoms with Gasteiger partial charge in [-0.3, -0.25) is 0 Å². The van der Waals surface area contributed by atoms with Crippen molar-refractivity contribution in [2.24, 2.45) is 5.41 Å². The molecule has 0 saturated carbocycles. The zero-order valence-corrected chi connectivity index (χ0v) is 13.0. The molecule has 0 bridgehead atoms. The highest BCUT2D eigenvalue weighted by Crippen LogP contribution is 2.45. The van der Waals surface area contributed by atoms with Crippen LogP contribution in [0.15, 0.2) is 48.5 Å². The average molecular weight is 281 g/mol. The predicted octanol–water partition coefficient (Wildman–Crippen LogP) is 4.11. The average Bonchev–Trinajstić information content (AvgIpc) is 2.75. The second-order valence-corrected chi connectivity index (χ2v) is 6.53. The summed E-state index contributed by atoms with van der Waals surface area (Å²) in [4.78, 5) is 0. The Balaban J connectivity index is 1.74. The van der Waals surface area contributed by atoms with Gasteiger partial charge in [0.25, 0.3) is 0 Å². The highest BCUT2D eigenvalue weighted by Gasteiger charge is 2.38. The maximum atomic E-state index is 5.21. The lowest BCUT2D eigenvalue weighted by Crippen LogP contribution is -2.30. The van der Waals surface area contributed by atoms with Gasteiger partial charge in [-0.15, -0.1) is 0 Å². The van der Waals surface area contributed by atoms with E-state index >= 15 is 0 Å². The van der Waals surface area contributed by atoms with Crippen LogP contribution in [0.1, 0.15) is 36.6 Å². The molecule has 0 spiro atoms. The van der Waals surface area contributed by atoms with Gasteiger partial charge in [0.05, 0.1) is 7.11 Å². The van der Waals surface area contributed by atoms with Crippen molar-refractivity contribution in [2.75, 3.05) is 7.11 Å². The molecule has 2 heteroatoms. The topological polar surface area (TPSA) is 21.3 Å². The van der Waals surface area contributed by atoms with E-state index in [1.807, 2.05) is 12.1 Å². The molecular formula is C19H23NO. The predicted molar refractivity (Wildman–Crippen MR) is 86.5 cm³/mol. The highest BCUT2D eigenvalue weighted by atomic mass is 16.5. The van der Waals surface area contributed by atoms with E-state index in [-0.39, 0.29) is 5.41 Å². The zero-order valence-electron chi connectivity index (χ0n) is 13.0. The van der Waals surface area contributed by atoms with E-state index in [1.165, 1.54) is 16.7 Å². The summed E-state index contributed by atoms with van der Waals surface area (Å²) in [6, 6.07) is 17.5. The zero-order chi connectivity index (χ0) is 14.9. The Morgan fingerprint density at radius 1 is 1.10 bits per heavy atom. The van der Waals surface area contributed by atoms with Crippen molar-refractivity contribution >= 4 is 0 Å². The first-order valence-electron chi connectivity index (χ1n) is 7.54. The van der Waals surface area contributed by atoms with Crippen LogP contribution in [0.2, 0.25) is 0 Å². The van der Waals surface area contributed by atoms with Crippen LogP contribution in [0.5, 0.6) is 5.75 Å². The molecule has 2 nitrogen and oxygen atoms in total. The number of benzene rings is 2. The van der Waals surface area contributed by atoms with Crippen LogP contribution in [0, 0.1) is 5.41 Å². The lowest BCUT2D eigenvalue weighted by molar-refractivity contribution is 0.268. The molecule has 0 heterocycles. The van der Waals surface area contributed by atoms with Gasteiger partial charge in [0.15, 0.2) is 0 Å². The van der Waals surface area contributed by atoms with Crippen molar-refractivity contribution in [1.29, 1.82) is 0 Å². The van der Waals surface area contributed by atoms with E-state index in [1.54, 1.807) is 7.11 Å². The molecule has 21 heavy (non-hydrogen) atoms. The van der Waals surface area contributed by atoms with Gasteiger partial charge in [-0.25, -0.2) is 0 Å². The highest BCUT2D eigenvalue weighted by molar-refractivity contribution is 5.37. The molecule has 0 radical (unpaired) electrons. The van der Waals surface area contributed by atoms with Crippen LogP contribution in [-0.2, 0) is 13.0 Å². The van der Waals surface area contributed by atoms with E-state index in [9.17, 15) is 0 Å². The summed E-state index contributed by atoms with van der Waals surface area (Å²) in [5.41, 5.74) is 4.48. The van der Waals surface area contributed by atoms with Crippen LogP contribution in [0.4, 0.5) is 0 Å². The largest absolute Gasteiger partial charge is 0.497 e. The molecule has 0 amide bonds. The Labute approximate surface area is 127 Å². The number of fused-ring (bicyclic) bond motifs is 1. The molecule has 1 unspecified atom stereocenters. The van der Waals surface area contributed by atoms with Crippen LogP contribution < -0.4 is 10.1 Å². The minimum Gasteiger partial charge on any atom is -0.497 e. The fraction of sp³-hybridized carbons (Fsp3) is 0.368. The number of nitrogens with one attached hydrogen (secondary N) is 1. The smallest absolute Gasteiger partial charge is 0.118 e. The normalized spacial score (nSPS) is 19.3. The second kappa shape index (κ2) is 5.53. The molecule has 1 atom stereocenters. The van der Waals surface area contributed by atoms with Gasteiger partial charge in [0, 0.05) is 12.6 Å². The van der Waals surface area contributed by atoms with Crippen molar-refractivity contribution < 1.29 is 4.74 Å². The number of hydrogen-bond donors (Lipinski definition) is 1. The van der Waals surface area contributed by atoms with Gasteiger partial charge in [-0.05, 0) is 40.7 Å². The van der Waals surface area contributed by atoms with E-state index in [4.69, 9.17) is 4.74 Å². The molecule has 3 rings (SSSR count). The Hall–Kier alpha value is -1.80. The maximum Gasteiger partial charge on any atom is 0.118 e. The Morgan fingerprint density at radius 3 is 2.52 bits per heavy atom. The molecule has 2 aromatic carbocycles. The van der Waals surface area contributed by atoms with Crippen molar-refractivity contribution in [2.45, 2.75) is 32.9 Å². The fourth-order valence-electron chi connectivity index (χ4n) is 3.34. The summed E-state index contributed by atoms with van der Waals surface area (Å²) in [7, 11) is 1.70. The number of hydrogen-bond acceptors (Lipinski definition) is 2. The minimum absolute atomic E-state index is 0.260. The maximum absolute atomic E-state index is 5.21. The molecule has 2 aromatic rings. The standard InChI is InChI=1S/C19H23NO/c1-19(2)12-15-6-4-5-7-17(15)18(19)20-13-14-8-10-16(21-3)11-9-14/h4-11,18,20H,12-13H2,1-3H3. The number of methoxy groups -OCH3 is 1. The van der Waals surface area contributed by atoms with Crippen LogP contribution in [-0.4, -0.2) is 7.11 Å². The monoisotopic (exact) mass is 281 g/mol. The Kier molecular flexibility index (Phi) is 3.73. The lowest BCUT2D eigenvalue weighted by atomic mass is 9.85. The summed E-state index contributed by atoms with van der Waals surface area (Å²) in [5, 5.41) is 3.74. The van der Waals surface area contributed by atoms with Crippen LogP contribution >= 0.6 is 0 Å². The van der Waals surface area contributed by atoms with E-state index in [2.05, 4.69) is 55.6 Å². The summed E-state index contributed by atoms with van der Waals surface area (Å²) in [5.74, 6) is 0.908. The first-order valence-corrected chi connectivity index (χ1v) is 7.54. The second-order valence-electron chi connectivity index (χ2n) is 6.53. The minimum atomic E-state index is 0.260. The molecule has 1 aliphatic carbocycles. The van der Waals surface area contributed by atoms with E-state index in [0.29, 0.717) is 6.04 Å². The summed E-state index contributed by atoms with van der Waals surface area (Å²) in [6.07, 6.45) is 1.14. The van der Waals surface area contributed by atoms with Crippen LogP contribution in [0.3, 0.4) is 0 Å². The molecule has 0 fully saturated rings. The van der Waals surface area contributed by atoms with Crippen molar-refractivity contribution in [3.05, 3.63) is 65.2 Å². The van der Waals surface area contributed by atoms with E-state index in [0.717, 1.165) is 18.7 Å².